The molecule has 1 amide bonds. The van der Waals surface area contributed by atoms with Crippen LogP contribution in [0.3, 0.4) is 0 Å². The number of hydrogen-bond acceptors (Lipinski definition) is 4. The summed E-state index contributed by atoms with van der Waals surface area (Å²) in [5.74, 6) is -0.819. The van der Waals surface area contributed by atoms with E-state index in [1.54, 1.807) is 18.5 Å². The Bertz CT molecular complexity index is 834. The lowest BCUT2D eigenvalue weighted by Crippen LogP contribution is -2.39. The number of fused-ring (bicyclic) bond motifs is 1. The second-order valence-electron chi connectivity index (χ2n) is 7.15. The van der Waals surface area contributed by atoms with E-state index in [-0.39, 0.29) is 12.5 Å². The Morgan fingerprint density at radius 3 is 2.67 bits per heavy atom. The van der Waals surface area contributed by atoms with Gasteiger partial charge < -0.3 is 10.4 Å². The van der Waals surface area contributed by atoms with E-state index in [9.17, 15) is 14.7 Å². The van der Waals surface area contributed by atoms with Crippen molar-refractivity contribution in [2.45, 2.75) is 39.5 Å². The molecule has 2 heterocycles. The first-order valence-electron chi connectivity index (χ1n) is 8.06. The van der Waals surface area contributed by atoms with E-state index in [1.807, 2.05) is 20.0 Å². The Morgan fingerprint density at radius 2 is 2.08 bits per heavy atom. The van der Waals surface area contributed by atoms with Crippen molar-refractivity contribution in [3.8, 4) is 0 Å². The van der Waals surface area contributed by atoms with Gasteiger partial charge in [0.1, 0.15) is 0 Å². The maximum Gasteiger partial charge on any atom is 0.310 e. The molecule has 1 aliphatic rings. The number of carboxylic acid groups (broad SMARTS) is 1. The van der Waals surface area contributed by atoms with Gasteiger partial charge in [0.15, 0.2) is 5.65 Å². The summed E-state index contributed by atoms with van der Waals surface area (Å²) in [4.78, 5) is 28.6. The van der Waals surface area contributed by atoms with E-state index < -0.39 is 11.4 Å². The molecule has 2 N–H and O–H groups in total. The first-order valence-corrected chi connectivity index (χ1v) is 8.06. The number of nitrogens with one attached hydrogen (secondary N) is 1. The number of rotatable bonds is 5. The summed E-state index contributed by atoms with van der Waals surface area (Å²) in [5, 5.41) is 17.0. The van der Waals surface area contributed by atoms with Crippen molar-refractivity contribution in [1.29, 1.82) is 0 Å². The molecule has 128 valence electrons. The van der Waals surface area contributed by atoms with Crippen LogP contribution in [-0.4, -0.2) is 38.3 Å². The Balaban J connectivity index is 1.98. The van der Waals surface area contributed by atoms with E-state index >= 15 is 0 Å². The van der Waals surface area contributed by atoms with Crippen molar-refractivity contribution >= 4 is 22.9 Å². The van der Waals surface area contributed by atoms with Crippen LogP contribution < -0.4 is 5.32 Å². The third-order valence-corrected chi connectivity index (χ3v) is 4.50. The number of carbonyl (C=O) groups excluding carboxylic acids is 1. The third kappa shape index (κ3) is 2.86. The van der Waals surface area contributed by atoms with Crippen LogP contribution in [0.25, 0.3) is 11.0 Å². The second-order valence-corrected chi connectivity index (χ2v) is 7.15. The first kappa shape index (κ1) is 16.4. The van der Waals surface area contributed by atoms with Crippen molar-refractivity contribution in [2.75, 3.05) is 6.54 Å². The molecule has 0 aromatic carbocycles. The normalized spacial score (nSPS) is 14.8. The van der Waals surface area contributed by atoms with Gasteiger partial charge in [-0.2, -0.15) is 5.10 Å². The summed E-state index contributed by atoms with van der Waals surface area (Å²) in [5.41, 5.74) is 1.84. The average molecular weight is 330 g/mol. The molecule has 0 radical (unpaired) electrons. The summed E-state index contributed by atoms with van der Waals surface area (Å²) in [6.45, 7) is 5.08. The van der Waals surface area contributed by atoms with Crippen molar-refractivity contribution in [1.82, 2.24) is 20.1 Å². The Kier molecular flexibility index (Phi) is 3.81. The molecule has 0 aliphatic heterocycles. The van der Waals surface area contributed by atoms with Gasteiger partial charge in [-0.1, -0.05) is 0 Å². The van der Waals surface area contributed by atoms with Crippen molar-refractivity contribution in [2.24, 2.45) is 12.5 Å². The molecule has 0 unspecified atom stereocenters. The third-order valence-electron chi connectivity index (χ3n) is 4.50. The molecule has 1 aliphatic carbocycles. The fraction of sp³-hybridized carbons (Fsp3) is 0.529. The highest BCUT2D eigenvalue weighted by Crippen LogP contribution is 2.40. The van der Waals surface area contributed by atoms with E-state index in [0.717, 1.165) is 29.6 Å². The average Bonchev–Trinajstić information content (AvgIpc) is 3.32. The molecule has 0 bridgehead atoms. The largest absolute Gasteiger partial charge is 0.481 e. The molecule has 1 fully saturated rings. The second kappa shape index (κ2) is 5.58. The quantitative estimate of drug-likeness (QED) is 0.874. The number of aromatic nitrogens is 3. The van der Waals surface area contributed by atoms with Crippen LogP contribution >= 0.6 is 0 Å². The number of carboxylic acids is 1. The van der Waals surface area contributed by atoms with Gasteiger partial charge in [-0.3, -0.25) is 14.3 Å². The molecule has 7 heteroatoms. The minimum absolute atomic E-state index is 0.0586. The highest BCUT2D eigenvalue weighted by atomic mass is 16.4. The predicted molar refractivity (Wildman–Crippen MR) is 89.0 cm³/mol. The summed E-state index contributed by atoms with van der Waals surface area (Å²) >= 11 is 0. The van der Waals surface area contributed by atoms with Crippen molar-refractivity contribution < 1.29 is 14.7 Å². The van der Waals surface area contributed by atoms with Gasteiger partial charge in [-0.15, -0.1) is 0 Å². The smallest absolute Gasteiger partial charge is 0.310 e. The number of carbonyl (C=O) groups is 2. The molecule has 2 aromatic rings. The number of hydrogen-bond donors (Lipinski definition) is 2. The van der Waals surface area contributed by atoms with E-state index in [1.165, 1.54) is 0 Å². The minimum Gasteiger partial charge on any atom is -0.481 e. The number of amides is 1. The van der Waals surface area contributed by atoms with Crippen LogP contribution in [0.15, 0.2) is 6.07 Å². The molecular formula is C17H22N4O3. The van der Waals surface area contributed by atoms with Crippen LogP contribution in [0, 0.1) is 12.3 Å². The van der Waals surface area contributed by atoms with Crippen molar-refractivity contribution in [3.05, 3.63) is 23.0 Å². The van der Waals surface area contributed by atoms with Gasteiger partial charge in [-0.25, -0.2) is 4.98 Å². The first-order chi connectivity index (χ1) is 11.2. The number of nitrogens with zero attached hydrogens (tertiary/aromatic N) is 3. The lowest BCUT2D eigenvalue weighted by molar-refractivity contribution is -0.146. The lowest BCUT2D eigenvalue weighted by atomic mass is 9.93. The van der Waals surface area contributed by atoms with Gasteiger partial charge in [0.2, 0.25) is 0 Å². The zero-order chi connectivity index (χ0) is 17.6. The van der Waals surface area contributed by atoms with Gasteiger partial charge in [-0.05, 0) is 39.7 Å². The Hall–Kier alpha value is -2.44. The molecular weight excluding hydrogens is 308 g/mol. The number of pyridine rings is 1. The van der Waals surface area contributed by atoms with Crippen LogP contribution in [0.1, 0.15) is 54.4 Å². The zero-order valence-electron chi connectivity index (χ0n) is 14.4. The predicted octanol–water partition coefficient (Wildman–Crippen LogP) is 1.99. The topological polar surface area (TPSA) is 97.1 Å². The van der Waals surface area contributed by atoms with Crippen LogP contribution in [0.2, 0.25) is 0 Å². The fourth-order valence-corrected chi connectivity index (χ4v) is 2.70. The summed E-state index contributed by atoms with van der Waals surface area (Å²) < 4.78 is 1.69. The highest BCUT2D eigenvalue weighted by Gasteiger charge is 2.30. The summed E-state index contributed by atoms with van der Waals surface area (Å²) in [6.07, 6.45) is 2.17. The summed E-state index contributed by atoms with van der Waals surface area (Å²) in [7, 11) is 1.81. The number of aryl methyl sites for hydroxylation is 2. The molecule has 3 rings (SSSR count). The van der Waals surface area contributed by atoms with Crippen LogP contribution in [0.5, 0.6) is 0 Å². The summed E-state index contributed by atoms with van der Waals surface area (Å²) in [6, 6.07) is 1.83. The van der Waals surface area contributed by atoms with Gasteiger partial charge in [0.25, 0.3) is 5.91 Å². The molecule has 0 spiro atoms. The van der Waals surface area contributed by atoms with Crippen molar-refractivity contribution in [3.63, 3.8) is 0 Å². The number of aliphatic carboxylic acids is 1. The highest BCUT2D eigenvalue weighted by molar-refractivity contribution is 6.06. The Morgan fingerprint density at radius 1 is 1.42 bits per heavy atom. The van der Waals surface area contributed by atoms with E-state index in [2.05, 4.69) is 15.4 Å². The van der Waals surface area contributed by atoms with Gasteiger partial charge in [0.05, 0.1) is 22.1 Å². The molecule has 2 aromatic heterocycles. The maximum atomic E-state index is 12.7. The van der Waals surface area contributed by atoms with E-state index in [0.29, 0.717) is 17.1 Å². The van der Waals surface area contributed by atoms with Gasteiger partial charge in [0, 0.05) is 25.2 Å². The zero-order valence-corrected chi connectivity index (χ0v) is 14.4. The molecule has 7 nitrogen and oxygen atoms in total. The monoisotopic (exact) mass is 330 g/mol. The van der Waals surface area contributed by atoms with Gasteiger partial charge >= 0.3 is 5.97 Å². The Labute approximate surface area is 140 Å². The van der Waals surface area contributed by atoms with E-state index in [4.69, 9.17) is 0 Å². The molecule has 24 heavy (non-hydrogen) atoms. The molecule has 0 saturated heterocycles. The maximum absolute atomic E-state index is 12.7. The molecule has 0 atom stereocenters. The van der Waals surface area contributed by atoms with Crippen LogP contribution in [0.4, 0.5) is 0 Å². The fourth-order valence-electron chi connectivity index (χ4n) is 2.70. The lowest BCUT2D eigenvalue weighted by Gasteiger charge is -2.19. The minimum atomic E-state index is -1.02. The van der Waals surface area contributed by atoms with Crippen LogP contribution in [-0.2, 0) is 11.8 Å². The SMILES string of the molecule is Cc1nn(C)c2nc(C3CC3)cc(C(=O)NCC(C)(C)C(=O)O)c12. The standard InChI is InChI=1S/C17H22N4O3/c1-9-13-11(15(22)18-8-17(2,3)16(23)24)7-12(10-5-6-10)19-14(13)21(4)20-9/h7,10H,5-6,8H2,1-4H3,(H,18,22)(H,23,24). The molecule has 1 saturated carbocycles.